The molecule has 0 aliphatic rings. The lowest BCUT2D eigenvalue weighted by atomic mass is 10.1. The fourth-order valence-electron chi connectivity index (χ4n) is 3.09. The third kappa shape index (κ3) is 4.49. The maximum atomic E-state index is 5.31. The van der Waals surface area contributed by atoms with Crippen LogP contribution in [0.4, 0.5) is 23.3 Å². The van der Waals surface area contributed by atoms with Gasteiger partial charge in [-0.3, -0.25) is 0 Å². The molecular weight excluding hydrogens is 354 g/mol. The van der Waals surface area contributed by atoms with E-state index in [0.717, 1.165) is 22.5 Å². The highest BCUT2D eigenvalue weighted by molar-refractivity contribution is 5.65. The van der Waals surface area contributed by atoms with E-state index in [1.165, 1.54) is 5.56 Å². The molecular formula is C21H25N5O2. The first-order chi connectivity index (χ1) is 13.4. The Morgan fingerprint density at radius 1 is 0.679 bits per heavy atom. The highest BCUT2D eigenvalue weighted by Crippen LogP contribution is 2.28. The molecule has 3 aromatic rings. The number of hydrogen-bond donors (Lipinski definition) is 2. The summed E-state index contributed by atoms with van der Waals surface area (Å²) in [6, 6.07) is 9.77. The van der Waals surface area contributed by atoms with Crippen LogP contribution >= 0.6 is 0 Å². The van der Waals surface area contributed by atoms with Crippen molar-refractivity contribution in [3.05, 3.63) is 52.8 Å². The average molecular weight is 379 g/mol. The molecule has 0 unspecified atom stereocenters. The Morgan fingerprint density at radius 3 is 1.75 bits per heavy atom. The van der Waals surface area contributed by atoms with Gasteiger partial charge >= 0.3 is 0 Å². The Kier molecular flexibility index (Phi) is 5.63. The smallest absolute Gasteiger partial charge is 0.232 e. The second-order valence-corrected chi connectivity index (χ2v) is 6.65. The fraction of sp³-hybridized carbons (Fsp3) is 0.286. The van der Waals surface area contributed by atoms with Gasteiger partial charge in [-0.1, -0.05) is 17.7 Å². The average Bonchev–Trinajstić information content (AvgIpc) is 2.63. The van der Waals surface area contributed by atoms with Crippen LogP contribution in [-0.2, 0) is 0 Å². The SMILES string of the molecule is COc1cc(Nc2nc(C)nc(Nc3c(C)cc(C)cc3C)n2)cc(OC)c1. The highest BCUT2D eigenvalue weighted by Gasteiger charge is 2.10. The first-order valence-electron chi connectivity index (χ1n) is 8.95. The normalized spacial score (nSPS) is 10.5. The van der Waals surface area contributed by atoms with Gasteiger partial charge in [-0.15, -0.1) is 0 Å². The van der Waals surface area contributed by atoms with Crippen molar-refractivity contribution in [1.82, 2.24) is 15.0 Å². The molecule has 0 atom stereocenters. The third-order valence-corrected chi connectivity index (χ3v) is 4.27. The molecule has 0 spiro atoms. The molecule has 3 rings (SSSR count). The van der Waals surface area contributed by atoms with Crippen molar-refractivity contribution < 1.29 is 9.47 Å². The standard InChI is InChI=1S/C21H25N5O2/c1-12-7-13(2)19(14(3)8-12)25-21-23-15(4)22-20(26-21)24-16-9-17(27-5)11-18(10-16)28-6/h7-11H,1-6H3,(H2,22,23,24,25,26). The molecule has 0 amide bonds. The number of aryl methyl sites for hydroxylation is 4. The van der Waals surface area contributed by atoms with Gasteiger partial charge in [0.1, 0.15) is 17.3 Å². The maximum Gasteiger partial charge on any atom is 0.232 e. The zero-order valence-corrected chi connectivity index (χ0v) is 17.0. The first kappa shape index (κ1) is 19.4. The van der Waals surface area contributed by atoms with Crippen molar-refractivity contribution in [2.24, 2.45) is 0 Å². The quantitative estimate of drug-likeness (QED) is 0.647. The second-order valence-electron chi connectivity index (χ2n) is 6.65. The van der Waals surface area contributed by atoms with Gasteiger partial charge in [0.15, 0.2) is 0 Å². The van der Waals surface area contributed by atoms with Gasteiger partial charge < -0.3 is 20.1 Å². The summed E-state index contributed by atoms with van der Waals surface area (Å²) in [7, 11) is 3.22. The number of ether oxygens (including phenoxy) is 2. The van der Waals surface area contributed by atoms with Crippen LogP contribution in [0, 0.1) is 27.7 Å². The van der Waals surface area contributed by atoms with Crippen LogP contribution in [0.5, 0.6) is 11.5 Å². The zero-order chi connectivity index (χ0) is 20.3. The summed E-state index contributed by atoms with van der Waals surface area (Å²) in [5, 5.41) is 6.52. The van der Waals surface area contributed by atoms with Crippen LogP contribution in [0.3, 0.4) is 0 Å². The number of nitrogens with one attached hydrogen (secondary N) is 2. The molecule has 7 nitrogen and oxygen atoms in total. The number of nitrogens with zero attached hydrogens (tertiary/aromatic N) is 3. The summed E-state index contributed by atoms with van der Waals surface area (Å²) in [6.45, 7) is 8.05. The molecule has 146 valence electrons. The zero-order valence-electron chi connectivity index (χ0n) is 17.0. The number of rotatable bonds is 6. The summed E-state index contributed by atoms with van der Waals surface area (Å²) in [5.74, 6) is 2.89. The molecule has 2 N–H and O–H groups in total. The van der Waals surface area contributed by atoms with E-state index in [2.05, 4.69) is 58.5 Å². The largest absolute Gasteiger partial charge is 0.497 e. The number of hydrogen-bond acceptors (Lipinski definition) is 7. The van der Waals surface area contributed by atoms with E-state index >= 15 is 0 Å². The Balaban J connectivity index is 1.90. The second kappa shape index (κ2) is 8.12. The van der Waals surface area contributed by atoms with Crippen LogP contribution in [0.2, 0.25) is 0 Å². The molecule has 0 aliphatic carbocycles. The van der Waals surface area contributed by atoms with Gasteiger partial charge in [0.2, 0.25) is 11.9 Å². The van der Waals surface area contributed by atoms with Gasteiger partial charge in [-0.05, 0) is 38.8 Å². The summed E-state index contributed by atoms with van der Waals surface area (Å²) in [4.78, 5) is 13.3. The Hall–Kier alpha value is -3.35. The van der Waals surface area contributed by atoms with Crippen LogP contribution in [-0.4, -0.2) is 29.2 Å². The van der Waals surface area contributed by atoms with E-state index < -0.39 is 0 Å². The molecule has 0 fully saturated rings. The van der Waals surface area contributed by atoms with Gasteiger partial charge in [-0.2, -0.15) is 15.0 Å². The lowest BCUT2D eigenvalue weighted by molar-refractivity contribution is 0.395. The van der Waals surface area contributed by atoms with Crippen LogP contribution in [0.25, 0.3) is 0 Å². The van der Waals surface area contributed by atoms with E-state index in [-0.39, 0.29) is 0 Å². The lowest BCUT2D eigenvalue weighted by Crippen LogP contribution is -2.07. The minimum atomic E-state index is 0.438. The minimum Gasteiger partial charge on any atom is -0.497 e. The molecule has 1 heterocycles. The molecule has 0 saturated heterocycles. The van der Waals surface area contributed by atoms with E-state index in [0.29, 0.717) is 29.2 Å². The third-order valence-electron chi connectivity index (χ3n) is 4.27. The summed E-state index contributed by atoms with van der Waals surface area (Å²) < 4.78 is 10.6. The summed E-state index contributed by atoms with van der Waals surface area (Å²) in [5.41, 5.74) is 5.27. The molecule has 28 heavy (non-hydrogen) atoms. The predicted molar refractivity (Wildman–Crippen MR) is 111 cm³/mol. The van der Waals surface area contributed by atoms with Crippen molar-refractivity contribution in [1.29, 1.82) is 0 Å². The molecule has 0 radical (unpaired) electrons. The van der Waals surface area contributed by atoms with Crippen LogP contribution < -0.4 is 20.1 Å². The van der Waals surface area contributed by atoms with Crippen LogP contribution in [0.15, 0.2) is 30.3 Å². The minimum absolute atomic E-state index is 0.438. The van der Waals surface area contributed by atoms with Crippen molar-refractivity contribution in [3.8, 4) is 11.5 Å². The van der Waals surface area contributed by atoms with E-state index in [1.807, 2.05) is 19.1 Å². The van der Waals surface area contributed by atoms with Crippen molar-refractivity contribution in [2.75, 3.05) is 24.9 Å². The molecule has 7 heteroatoms. The van der Waals surface area contributed by atoms with E-state index in [9.17, 15) is 0 Å². The summed E-state index contributed by atoms with van der Waals surface area (Å²) in [6.07, 6.45) is 0. The number of anilines is 4. The van der Waals surface area contributed by atoms with Crippen molar-refractivity contribution in [2.45, 2.75) is 27.7 Å². The van der Waals surface area contributed by atoms with Crippen molar-refractivity contribution in [3.63, 3.8) is 0 Å². The molecule has 0 saturated carbocycles. The van der Waals surface area contributed by atoms with E-state index in [1.54, 1.807) is 20.3 Å². The Bertz CT molecular complexity index is 959. The fourth-order valence-corrected chi connectivity index (χ4v) is 3.09. The molecule has 0 aliphatic heterocycles. The van der Waals surface area contributed by atoms with Crippen molar-refractivity contribution >= 4 is 23.3 Å². The molecule has 0 bridgehead atoms. The Labute approximate surface area is 165 Å². The van der Waals surface area contributed by atoms with Gasteiger partial charge in [0.25, 0.3) is 0 Å². The summed E-state index contributed by atoms with van der Waals surface area (Å²) >= 11 is 0. The topological polar surface area (TPSA) is 81.2 Å². The van der Waals surface area contributed by atoms with Gasteiger partial charge in [0, 0.05) is 29.6 Å². The number of methoxy groups -OCH3 is 2. The first-order valence-corrected chi connectivity index (χ1v) is 8.95. The number of benzene rings is 2. The van der Waals surface area contributed by atoms with Gasteiger partial charge in [-0.25, -0.2) is 0 Å². The molecule has 2 aromatic carbocycles. The monoisotopic (exact) mass is 379 g/mol. The number of aromatic nitrogens is 3. The highest BCUT2D eigenvalue weighted by atomic mass is 16.5. The Morgan fingerprint density at radius 2 is 1.21 bits per heavy atom. The van der Waals surface area contributed by atoms with E-state index in [4.69, 9.17) is 9.47 Å². The lowest BCUT2D eigenvalue weighted by Gasteiger charge is -2.14. The van der Waals surface area contributed by atoms with Crippen LogP contribution in [0.1, 0.15) is 22.5 Å². The predicted octanol–water partition coefficient (Wildman–Crippen LogP) is 4.61. The maximum absolute atomic E-state index is 5.31. The molecule has 1 aromatic heterocycles. The van der Waals surface area contributed by atoms with Gasteiger partial charge in [0.05, 0.1) is 14.2 Å².